The number of likely N-dealkylation sites (tertiary alicyclic amines) is 1. The average molecular weight is 669 g/mol. The molecule has 2 atom stereocenters. The number of anilines is 1. The van der Waals surface area contributed by atoms with Crippen molar-refractivity contribution in [3.05, 3.63) is 77.1 Å². The zero-order chi connectivity index (χ0) is 34.9. The van der Waals surface area contributed by atoms with Gasteiger partial charge in [0.15, 0.2) is 5.03 Å². The van der Waals surface area contributed by atoms with Crippen molar-refractivity contribution in [2.45, 2.75) is 102 Å². The molecule has 1 aliphatic rings. The summed E-state index contributed by atoms with van der Waals surface area (Å²) in [5.41, 5.74) is 0.624. The Morgan fingerprint density at radius 1 is 1.06 bits per heavy atom. The van der Waals surface area contributed by atoms with Crippen LogP contribution in [0.5, 0.6) is 0 Å². The summed E-state index contributed by atoms with van der Waals surface area (Å²) < 4.78 is 43.1. The topological polar surface area (TPSA) is 154 Å². The van der Waals surface area contributed by atoms with E-state index in [0.29, 0.717) is 31.5 Å². The molecule has 0 spiro atoms. The van der Waals surface area contributed by atoms with Crippen molar-refractivity contribution in [1.82, 2.24) is 24.6 Å². The Labute approximate surface area is 276 Å². The summed E-state index contributed by atoms with van der Waals surface area (Å²) >= 11 is 0. The summed E-state index contributed by atoms with van der Waals surface area (Å²) in [4.78, 5) is 38.9. The number of hydrogen-bond acceptors (Lipinski definition) is 8. The van der Waals surface area contributed by atoms with Gasteiger partial charge in [-0.25, -0.2) is 19.5 Å². The molecule has 1 aliphatic heterocycles. The lowest BCUT2D eigenvalue weighted by atomic mass is 9.86. The molecule has 13 heteroatoms. The van der Waals surface area contributed by atoms with E-state index in [-0.39, 0.29) is 23.2 Å². The molecule has 0 radical (unpaired) electrons. The SMILES string of the molecule is CC(C)(C)c1ccnc(C(CC[C@@H]2CN(C(=O)O)C(C)(C)C2)Nc2cccc(S(=O)(=O)NC(=O)c3ccc(C(C)(C)C)nc3F)n2)c1. The maximum absolute atomic E-state index is 14.7. The van der Waals surface area contributed by atoms with Crippen LogP contribution in [0.4, 0.5) is 15.0 Å². The summed E-state index contributed by atoms with van der Waals surface area (Å²) in [5, 5.41) is 12.6. The Morgan fingerprint density at radius 3 is 2.36 bits per heavy atom. The third-order valence-corrected chi connectivity index (χ3v) is 9.70. The number of hydrogen-bond donors (Lipinski definition) is 3. The predicted octanol–water partition coefficient (Wildman–Crippen LogP) is 6.44. The molecule has 1 saturated heterocycles. The van der Waals surface area contributed by atoms with E-state index in [1.54, 1.807) is 12.3 Å². The van der Waals surface area contributed by atoms with Crippen LogP contribution in [0.2, 0.25) is 0 Å². The van der Waals surface area contributed by atoms with E-state index in [0.717, 1.165) is 11.3 Å². The highest BCUT2D eigenvalue weighted by Gasteiger charge is 2.41. The van der Waals surface area contributed by atoms with Crippen LogP contribution in [-0.2, 0) is 20.9 Å². The number of pyridine rings is 3. The van der Waals surface area contributed by atoms with Crippen molar-refractivity contribution in [2.24, 2.45) is 5.92 Å². The van der Waals surface area contributed by atoms with E-state index >= 15 is 0 Å². The van der Waals surface area contributed by atoms with Crippen molar-refractivity contribution in [3.63, 3.8) is 0 Å². The number of sulfonamides is 1. The van der Waals surface area contributed by atoms with Crippen LogP contribution < -0.4 is 10.0 Å². The molecule has 1 unspecified atom stereocenters. The van der Waals surface area contributed by atoms with Crippen molar-refractivity contribution in [3.8, 4) is 0 Å². The number of aromatic nitrogens is 3. The fourth-order valence-corrected chi connectivity index (χ4v) is 6.73. The van der Waals surface area contributed by atoms with Crippen molar-refractivity contribution < 1.29 is 27.5 Å². The molecule has 11 nitrogen and oxygen atoms in total. The Bertz CT molecular complexity index is 1750. The third kappa shape index (κ3) is 8.62. The Hall–Kier alpha value is -4.13. The quantitative estimate of drug-likeness (QED) is 0.219. The molecular formula is C34H45FN6O5S. The number of carbonyl (C=O) groups is 2. The lowest BCUT2D eigenvalue weighted by Gasteiger charge is -2.28. The van der Waals surface area contributed by atoms with Crippen LogP contribution in [0, 0.1) is 11.9 Å². The minimum atomic E-state index is -4.49. The number of halogens is 1. The fourth-order valence-electron chi connectivity index (χ4n) is 5.79. The van der Waals surface area contributed by atoms with Crippen molar-refractivity contribution in [1.29, 1.82) is 0 Å². The van der Waals surface area contributed by atoms with Gasteiger partial charge >= 0.3 is 6.09 Å². The molecule has 0 aromatic carbocycles. The molecule has 3 aromatic rings. The zero-order valence-corrected chi connectivity index (χ0v) is 29.1. The van der Waals surface area contributed by atoms with Crippen LogP contribution in [0.15, 0.2) is 53.7 Å². The van der Waals surface area contributed by atoms with Crippen molar-refractivity contribution in [2.75, 3.05) is 11.9 Å². The second-order valence-corrected chi connectivity index (χ2v) is 16.5. The van der Waals surface area contributed by atoms with Crippen LogP contribution in [0.25, 0.3) is 0 Å². The molecule has 4 heterocycles. The van der Waals surface area contributed by atoms with E-state index in [4.69, 9.17) is 0 Å². The molecular weight excluding hydrogens is 623 g/mol. The number of nitrogens with zero attached hydrogens (tertiary/aromatic N) is 4. The molecule has 0 saturated carbocycles. The Kier molecular flexibility index (Phi) is 10.0. The van der Waals surface area contributed by atoms with Gasteiger partial charge in [-0.05, 0) is 86.4 Å². The van der Waals surface area contributed by atoms with Gasteiger partial charge in [-0.1, -0.05) is 47.6 Å². The lowest BCUT2D eigenvalue weighted by molar-refractivity contribution is 0.0975. The molecule has 47 heavy (non-hydrogen) atoms. The number of rotatable bonds is 9. The smallest absolute Gasteiger partial charge is 0.407 e. The first kappa shape index (κ1) is 35.7. The first-order valence-electron chi connectivity index (χ1n) is 15.6. The maximum Gasteiger partial charge on any atom is 0.407 e. The largest absolute Gasteiger partial charge is 0.465 e. The van der Waals surface area contributed by atoms with Gasteiger partial charge in [0.25, 0.3) is 15.9 Å². The van der Waals surface area contributed by atoms with Gasteiger partial charge in [-0.2, -0.15) is 12.8 Å². The molecule has 2 amide bonds. The summed E-state index contributed by atoms with van der Waals surface area (Å²) in [6.07, 6.45) is 2.76. The van der Waals surface area contributed by atoms with Crippen LogP contribution in [0.3, 0.4) is 0 Å². The number of amides is 2. The van der Waals surface area contributed by atoms with Crippen molar-refractivity contribution >= 4 is 27.8 Å². The van der Waals surface area contributed by atoms with Crippen LogP contribution in [-0.4, -0.2) is 57.5 Å². The zero-order valence-electron chi connectivity index (χ0n) is 28.3. The molecule has 254 valence electrons. The van der Waals surface area contributed by atoms with Crippen LogP contribution in [0.1, 0.15) is 108 Å². The monoisotopic (exact) mass is 668 g/mol. The summed E-state index contributed by atoms with van der Waals surface area (Å²) in [7, 11) is -4.49. The summed E-state index contributed by atoms with van der Waals surface area (Å²) in [5.74, 6) is -1.88. The molecule has 0 bridgehead atoms. The molecule has 3 aromatic heterocycles. The van der Waals surface area contributed by atoms with Gasteiger partial charge in [-0.3, -0.25) is 9.78 Å². The summed E-state index contributed by atoms with van der Waals surface area (Å²) in [6.45, 7) is 16.1. The highest BCUT2D eigenvalue weighted by Crippen LogP contribution is 2.37. The lowest BCUT2D eigenvalue weighted by Crippen LogP contribution is -2.41. The van der Waals surface area contributed by atoms with E-state index < -0.39 is 49.5 Å². The van der Waals surface area contributed by atoms with E-state index in [1.165, 1.54) is 29.2 Å². The van der Waals surface area contributed by atoms with Gasteiger partial charge in [0, 0.05) is 29.4 Å². The molecule has 1 fully saturated rings. The van der Waals surface area contributed by atoms with E-state index in [9.17, 15) is 27.5 Å². The first-order valence-corrected chi connectivity index (χ1v) is 17.1. The first-order chi connectivity index (χ1) is 21.7. The maximum atomic E-state index is 14.7. The van der Waals surface area contributed by atoms with Gasteiger partial charge < -0.3 is 15.3 Å². The van der Waals surface area contributed by atoms with E-state index in [1.807, 2.05) is 51.5 Å². The summed E-state index contributed by atoms with van der Waals surface area (Å²) in [6, 6.07) is 10.6. The third-order valence-electron chi connectivity index (χ3n) is 8.47. The standard InChI is InChI=1S/C34H45FN6O5S/c1-32(2,3)22-16-17-36-25(18-22)24(14-12-21-19-34(7,8)41(20-21)31(43)44)37-27-10-9-11-28(39-27)47(45,46)40-30(42)23-13-15-26(33(4,5)6)38-29(23)35/h9-11,13,15-18,21,24H,12,14,19-20H2,1-8H3,(H,37,39)(H,40,42)(H,43,44)/t21-,24?/m0/s1. The highest BCUT2D eigenvalue weighted by atomic mass is 32.2. The minimum Gasteiger partial charge on any atom is -0.465 e. The fraction of sp³-hybridized carbons (Fsp3) is 0.500. The number of carbonyl (C=O) groups excluding carboxylic acids is 1. The minimum absolute atomic E-state index is 0.124. The normalized spacial score (nSPS) is 17.3. The van der Waals surface area contributed by atoms with Gasteiger partial charge in [0.2, 0.25) is 5.95 Å². The highest BCUT2D eigenvalue weighted by molar-refractivity contribution is 7.90. The van der Waals surface area contributed by atoms with Gasteiger partial charge in [-0.15, -0.1) is 0 Å². The van der Waals surface area contributed by atoms with E-state index in [2.05, 4.69) is 41.0 Å². The molecule has 3 N–H and O–H groups in total. The van der Waals surface area contributed by atoms with Gasteiger partial charge in [0.05, 0.1) is 17.3 Å². The second kappa shape index (κ2) is 13.2. The Morgan fingerprint density at radius 2 is 1.77 bits per heavy atom. The van der Waals surface area contributed by atoms with Crippen LogP contribution >= 0.6 is 0 Å². The van der Waals surface area contributed by atoms with Gasteiger partial charge in [0.1, 0.15) is 5.82 Å². The average Bonchev–Trinajstić information content (AvgIpc) is 3.28. The number of carboxylic acid groups (broad SMARTS) is 1. The Balaban J connectivity index is 1.58. The molecule has 4 rings (SSSR count). The predicted molar refractivity (Wildman–Crippen MR) is 177 cm³/mol. The number of nitrogens with one attached hydrogen (secondary N) is 2. The second-order valence-electron chi connectivity index (χ2n) is 14.8. The molecule has 0 aliphatic carbocycles.